The van der Waals surface area contributed by atoms with E-state index in [4.69, 9.17) is 16.2 Å². The Balaban J connectivity index is 1.88. The number of amides is 1. The van der Waals surface area contributed by atoms with E-state index in [1.54, 1.807) is 6.07 Å². The molecule has 1 aliphatic heterocycles. The molecular weight excluding hydrogens is 304 g/mol. The molecule has 24 heavy (non-hydrogen) atoms. The summed E-state index contributed by atoms with van der Waals surface area (Å²) in [5.41, 5.74) is 14.8. The van der Waals surface area contributed by atoms with E-state index in [2.05, 4.69) is 10.3 Å². The fourth-order valence-corrected chi connectivity index (χ4v) is 2.80. The number of nitrogens with zero attached hydrogens (tertiary/aromatic N) is 1. The highest BCUT2D eigenvalue weighted by Crippen LogP contribution is 2.23. The highest BCUT2D eigenvalue weighted by atomic mass is 16.5. The van der Waals surface area contributed by atoms with Gasteiger partial charge in [-0.2, -0.15) is 0 Å². The van der Waals surface area contributed by atoms with Gasteiger partial charge in [0.15, 0.2) is 0 Å². The summed E-state index contributed by atoms with van der Waals surface area (Å²) >= 11 is 0. The molecule has 1 fully saturated rings. The van der Waals surface area contributed by atoms with Crippen molar-refractivity contribution in [3.63, 3.8) is 0 Å². The zero-order chi connectivity index (χ0) is 16.9. The molecule has 126 valence electrons. The predicted octanol–water partition coefficient (Wildman–Crippen LogP) is 1.90. The van der Waals surface area contributed by atoms with Gasteiger partial charge in [0.05, 0.1) is 11.8 Å². The Labute approximate surface area is 141 Å². The number of primary amides is 1. The number of carbonyl (C=O) groups excluding carboxylic acids is 1. The van der Waals surface area contributed by atoms with Gasteiger partial charge in [0.2, 0.25) is 0 Å². The number of aromatic nitrogens is 1. The number of nitrogens with two attached hydrogens (primary N) is 2. The largest absolute Gasteiger partial charge is 0.382 e. The van der Waals surface area contributed by atoms with Gasteiger partial charge in [0.25, 0.3) is 5.91 Å². The molecule has 2 aromatic rings. The fourth-order valence-electron chi connectivity index (χ4n) is 2.80. The number of benzene rings is 1. The topological polar surface area (TPSA) is 103 Å². The van der Waals surface area contributed by atoms with Crippen LogP contribution in [0, 0.1) is 0 Å². The molecule has 1 amide bonds. The molecule has 3 rings (SSSR count). The number of pyridine rings is 1. The van der Waals surface area contributed by atoms with E-state index in [1.165, 1.54) is 0 Å². The van der Waals surface area contributed by atoms with Crippen molar-refractivity contribution < 1.29 is 9.53 Å². The predicted molar refractivity (Wildman–Crippen MR) is 93.5 cm³/mol. The van der Waals surface area contributed by atoms with Gasteiger partial charge in [-0.25, -0.2) is 4.98 Å². The van der Waals surface area contributed by atoms with Crippen molar-refractivity contribution in [2.24, 2.45) is 11.5 Å². The van der Waals surface area contributed by atoms with Gasteiger partial charge in [-0.1, -0.05) is 18.2 Å². The number of nitrogens with one attached hydrogen (secondary N) is 1. The van der Waals surface area contributed by atoms with Crippen LogP contribution in [0.1, 0.15) is 28.9 Å². The molecular formula is C18H22N4O2. The molecule has 6 nitrogen and oxygen atoms in total. The second-order valence-corrected chi connectivity index (χ2v) is 5.91. The third-order valence-corrected chi connectivity index (χ3v) is 4.09. The zero-order valence-electron chi connectivity index (χ0n) is 13.5. The lowest BCUT2D eigenvalue weighted by Gasteiger charge is -2.14. The van der Waals surface area contributed by atoms with E-state index in [1.807, 2.05) is 30.3 Å². The van der Waals surface area contributed by atoms with Crippen molar-refractivity contribution in [3.05, 3.63) is 47.7 Å². The van der Waals surface area contributed by atoms with E-state index in [-0.39, 0.29) is 11.8 Å². The summed E-state index contributed by atoms with van der Waals surface area (Å²) in [5, 5.41) is 3.32. The van der Waals surface area contributed by atoms with Crippen LogP contribution >= 0.6 is 0 Å². The first-order valence-corrected chi connectivity index (χ1v) is 8.12. The van der Waals surface area contributed by atoms with Crippen LogP contribution in [0.2, 0.25) is 0 Å². The van der Waals surface area contributed by atoms with Crippen LogP contribution < -0.4 is 16.8 Å². The number of hydrogen-bond acceptors (Lipinski definition) is 5. The number of anilines is 1. The lowest BCUT2D eigenvalue weighted by atomic mass is 10.1. The number of carbonyl (C=O) groups is 1. The van der Waals surface area contributed by atoms with E-state index < -0.39 is 5.91 Å². The lowest BCUT2D eigenvalue weighted by molar-refractivity contribution is 0.0995. The molecule has 1 unspecified atom stereocenters. The second-order valence-electron chi connectivity index (χ2n) is 5.91. The Kier molecular flexibility index (Phi) is 5.08. The van der Waals surface area contributed by atoms with E-state index in [0.29, 0.717) is 18.8 Å². The SMILES string of the molecule is NCc1cccc(-c2cc(NCC3CCCO3)cc(C(N)=O)n2)c1. The first kappa shape index (κ1) is 16.4. The molecule has 0 saturated carbocycles. The average Bonchev–Trinajstić information content (AvgIpc) is 3.13. The average molecular weight is 326 g/mol. The third kappa shape index (κ3) is 3.90. The first-order valence-electron chi connectivity index (χ1n) is 8.12. The fraction of sp³-hybridized carbons (Fsp3) is 0.333. The smallest absolute Gasteiger partial charge is 0.267 e. The molecule has 1 aromatic carbocycles. The van der Waals surface area contributed by atoms with Crippen molar-refractivity contribution in [1.29, 1.82) is 0 Å². The second kappa shape index (κ2) is 7.42. The van der Waals surface area contributed by atoms with Gasteiger partial charge in [-0.15, -0.1) is 0 Å². The first-order chi connectivity index (χ1) is 11.7. The summed E-state index contributed by atoms with van der Waals surface area (Å²) in [4.78, 5) is 16.0. The molecule has 1 aliphatic rings. The van der Waals surface area contributed by atoms with Crippen LogP contribution in [0.25, 0.3) is 11.3 Å². The number of rotatable bonds is 6. The minimum absolute atomic E-state index is 0.208. The summed E-state index contributed by atoms with van der Waals surface area (Å²) < 4.78 is 5.61. The van der Waals surface area contributed by atoms with Gasteiger partial charge < -0.3 is 21.5 Å². The van der Waals surface area contributed by atoms with Crippen LogP contribution in [0.5, 0.6) is 0 Å². The molecule has 1 atom stereocenters. The van der Waals surface area contributed by atoms with E-state index >= 15 is 0 Å². The Morgan fingerprint density at radius 2 is 2.21 bits per heavy atom. The van der Waals surface area contributed by atoms with E-state index in [0.717, 1.165) is 36.3 Å². The van der Waals surface area contributed by atoms with Crippen LogP contribution in [-0.4, -0.2) is 30.1 Å². The summed E-state index contributed by atoms with van der Waals surface area (Å²) in [6.07, 6.45) is 2.35. The summed E-state index contributed by atoms with van der Waals surface area (Å²) in [7, 11) is 0. The highest BCUT2D eigenvalue weighted by molar-refractivity contribution is 5.92. The summed E-state index contributed by atoms with van der Waals surface area (Å²) in [6.45, 7) is 1.96. The molecule has 0 bridgehead atoms. The molecule has 6 heteroatoms. The normalized spacial score (nSPS) is 17.0. The van der Waals surface area contributed by atoms with Gasteiger partial charge in [0, 0.05) is 30.9 Å². The highest BCUT2D eigenvalue weighted by Gasteiger charge is 2.16. The van der Waals surface area contributed by atoms with Gasteiger partial charge in [-0.3, -0.25) is 4.79 Å². The molecule has 1 aromatic heterocycles. The summed E-state index contributed by atoms with van der Waals surface area (Å²) in [6, 6.07) is 11.4. The number of ether oxygens (including phenoxy) is 1. The Bertz CT molecular complexity index is 727. The van der Waals surface area contributed by atoms with Crippen molar-refractivity contribution in [3.8, 4) is 11.3 Å². The van der Waals surface area contributed by atoms with Crippen molar-refractivity contribution in [2.45, 2.75) is 25.5 Å². The molecule has 0 spiro atoms. The maximum atomic E-state index is 11.6. The Hall–Kier alpha value is -2.44. The minimum atomic E-state index is -0.549. The Morgan fingerprint density at radius 1 is 1.33 bits per heavy atom. The van der Waals surface area contributed by atoms with E-state index in [9.17, 15) is 4.79 Å². The van der Waals surface area contributed by atoms with Gasteiger partial charge in [-0.05, 0) is 36.6 Å². The standard InChI is InChI=1S/C18H22N4O2/c19-10-12-3-1-4-13(7-12)16-8-14(9-17(22-16)18(20)23)21-11-15-5-2-6-24-15/h1,3-4,7-9,15H,2,5-6,10-11,19H2,(H2,20,23)(H,21,22). The maximum Gasteiger partial charge on any atom is 0.267 e. The van der Waals surface area contributed by atoms with Crippen molar-refractivity contribution in [2.75, 3.05) is 18.5 Å². The third-order valence-electron chi connectivity index (χ3n) is 4.09. The molecule has 5 N–H and O–H groups in total. The molecule has 2 heterocycles. The number of hydrogen-bond donors (Lipinski definition) is 3. The zero-order valence-corrected chi connectivity index (χ0v) is 13.5. The van der Waals surface area contributed by atoms with Crippen LogP contribution in [0.15, 0.2) is 36.4 Å². The van der Waals surface area contributed by atoms with Crippen LogP contribution in [-0.2, 0) is 11.3 Å². The lowest BCUT2D eigenvalue weighted by Crippen LogP contribution is -2.19. The molecule has 0 radical (unpaired) electrons. The van der Waals surface area contributed by atoms with Crippen LogP contribution in [0.4, 0.5) is 5.69 Å². The molecule has 1 saturated heterocycles. The van der Waals surface area contributed by atoms with Gasteiger partial charge in [0.1, 0.15) is 5.69 Å². The van der Waals surface area contributed by atoms with Gasteiger partial charge >= 0.3 is 0 Å². The van der Waals surface area contributed by atoms with Crippen LogP contribution in [0.3, 0.4) is 0 Å². The summed E-state index contributed by atoms with van der Waals surface area (Å²) in [5.74, 6) is -0.549. The maximum absolute atomic E-state index is 11.6. The van der Waals surface area contributed by atoms with Crippen molar-refractivity contribution >= 4 is 11.6 Å². The van der Waals surface area contributed by atoms with Crippen molar-refractivity contribution in [1.82, 2.24) is 4.98 Å². The quantitative estimate of drug-likeness (QED) is 0.752. The minimum Gasteiger partial charge on any atom is -0.382 e. The molecule has 0 aliphatic carbocycles. The monoisotopic (exact) mass is 326 g/mol. The Morgan fingerprint density at radius 3 is 2.92 bits per heavy atom.